The van der Waals surface area contributed by atoms with Gasteiger partial charge in [-0.25, -0.2) is 0 Å². The summed E-state index contributed by atoms with van der Waals surface area (Å²) in [5.74, 6) is 1.58. The van der Waals surface area contributed by atoms with Crippen molar-refractivity contribution in [3.05, 3.63) is 58.1 Å². The lowest BCUT2D eigenvalue weighted by Gasteiger charge is -2.13. The fourth-order valence-corrected chi connectivity index (χ4v) is 2.82. The number of halogens is 1. The summed E-state index contributed by atoms with van der Waals surface area (Å²) in [7, 11) is 5.87. The Kier molecular flexibility index (Phi) is 6.93. The van der Waals surface area contributed by atoms with Crippen LogP contribution in [0, 0.1) is 0 Å². The maximum atomic E-state index is 5.98. The zero-order valence-corrected chi connectivity index (χ0v) is 15.6. The van der Waals surface area contributed by atoms with Crippen molar-refractivity contribution < 1.29 is 9.47 Å². The zero-order valence-electron chi connectivity index (χ0n) is 14.0. The van der Waals surface area contributed by atoms with Gasteiger partial charge in [0, 0.05) is 4.47 Å². The molecule has 0 fully saturated rings. The number of hydrogen-bond donors (Lipinski definition) is 0. The lowest BCUT2D eigenvalue weighted by Crippen LogP contribution is -2.13. The Balaban J connectivity index is 2.03. The highest BCUT2D eigenvalue weighted by atomic mass is 79.9. The molecule has 0 bridgehead atoms. The maximum Gasteiger partial charge on any atom is 0.161 e. The topological polar surface area (TPSA) is 21.7 Å². The number of aryl methyl sites for hydroxylation is 1. The predicted octanol–water partition coefficient (Wildman–Crippen LogP) is 4.53. The predicted molar refractivity (Wildman–Crippen MR) is 98.3 cm³/mol. The number of ether oxygens (including phenoxy) is 2. The summed E-state index contributed by atoms with van der Waals surface area (Å²) in [6.45, 7) is 1.61. The summed E-state index contributed by atoms with van der Waals surface area (Å²) >= 11 is 3.48. The van der Waals surface area contributed by atoms with Gasteiger partial charge in [0.25, 0.3) is 0 Å². The highest BCUT2D eigenvalue weighted by Crippen LogP contribution is 2.29. The third-order valence-electron chi connectivity index (χ3n) is 3.58. The average molecular weight is 378 g/mol. The van der Waals surface area contributed by atoms with Crippen LogP contribution in [0.2, 0.25) is 0 Å². The third-order valence-corrected chi connectivity index (χ3v) is 4.08. The van der Waals surface area contributed by atoms with E-state index in [1.54, 1.807) is 7.11 Å². The van der Waals surface area contributed by atoms with Crippen molar-refractivity contribution in [3.63, 3.8) is 0 Å². The van der Waals surface area contributed by atoms with Gasteiger partial charge in [0.2, 0.25) is 0 Å². The number of benzene rings is 2. The minimum atomic E-state index is 0.525. The van der Waals surface area contributed by atoms with Crippen LogP contribution in [0.1, 0.15) is 17.5 Å². The second-order valence-corrected chi connectivity index (χ2v) is 6.73. The smallest absolute Gasteiger partial charge is 0.161 e. The van der Waals surface area contributed by atoms with Crippen molar-refractivity contribution in [1.82, 2.24) is 4.90 Å². The molecule has 0 aliphatic carbocycles. The molecule has 0 aliphatic heterocycles. The monoisotopic (exact) mass is 377 g/mol. The van der Waals surface area contributed by atoms with Gasteiger partial charge >= 0.3 is 0 Å². The van der Waals surface area contributed by atoms with Crippen LogP contribution in [0.15, 0.2) is 46.9 Å². The molecule has 0 saturated heterocycles. The molecule has 0 N–H and O–H groups in total. The summed E-state index contributed by atoms with van der Waals surface area (Å²) in [6, 6.07) is 14.3. The zero-order chi connectivity index (χ0) is 16.7. The van der Waals surface area contributed by atoms with E-state index in [2.05, 4.69) is 59.2 Å². The van der Waals surface area contributed by atoms with E-state index in [1.165, 1.54) is 5.56 Å². The summed E-state index contributed by atoms with van der Waals surface area (Å²) in [4.78, 5) is 2.20. The Hall–Kier alpha value is -1.52. The van der Waals surface area contributed by atoms with Gasteiger partial charge in [0.15, 0.2) is 11.5 Å². The van der Waals surface area contributed by atoms with E-state index < -0.39 is 0 Å². The number of nitrogens with zero attached hydrogens (tertiary/aromatic N) is 1. The average Bonchev–Trinajstić information content (AvgIpc) is 2.53. The van der Waals surface area contributed by atoms with E-state index in [1.807, 2.05) is 18.2 Å². The molecule has 0 saturated carbocycles. The van der Waals surface area contributed by atoms with Crippen LogP contribution in [0.25, 0.3) is 0 Å². The molecule has 0 amide bonds. The van der Waals surface area contributed by atoms with Gasteiger partial charge in [-0.15, -0.1) is 0 Å². The van der Waals surface area contributed by atoms with Crippen molar-refractivity contribution in [2.45, 2.75) is 19.4 Å². The van der Waals surface area contributed by atoms with E-state index in [4.69, 9.17) is 9.47 Å². The maximum absolute atomic E-state index is 5.98. The molecule has 0 heterocycles. The van der Waals surface area contributed by atoms with Gasteiger partial charge in [0.1, 0.15) is 6.61 Å². The summed E-state index contributed by atoms with van der Waals surface area (Å²) in [5, 5.41) is 0. The Morgan fingerprint density at radius 2 is 1.83 bits per heavy atom. The number of hydrogen-bond acceptors (Lipinski definition) is 3. The van der Waals surface area contributed by atoms with Gasteiger partial charge in [0.05, 0.1) is 7.11 Å². The van der Waals surface area contributed by atoms with Gasteiger partial charge in [-0.2, -0.15) is 0 Å². The van der Waals surface area contributed by atoms with Crippen LogP contribution in [0.4, 0.5) is 0 Å². The second-order valence-electron chi connectivity index (χ2n) is 5.81. The molecule has 3 nitrogen and oxygen atoms in total. The first-order valence-corrected chi connectivity index (χ1v) is 8.56. The Bertz CT molecular complexity index is 629. The quantitative estimate of drug-likeness (QED) is 0.674. The van der Waals surface area contributed by atoms with Gasteiger partial charge in [-0.05, 0) is 68.9 Å². The van der Waals surface area contributed by atoms with E-state index in [0.717, 1.165) is 40.9 Å². The molecule has 23 heavy (non-hydrogen) atoms. The molecule has 0 radical (unpaired) electrons. The fourth-order valence-electron chi connectivity index (χ4n) is 2.38. The molecule has 124 valence electrons. The largest absolute Gasteiger partial charge is 0.493 e. The Morgan fingerprint density at radius 3 is 2.52 bits per heavy atom. The van der Waals surface area contributed by atoms with Gasteiger partial charge in [-0.3, -0.25) is 0 Å². The molecule has 0 aromatic heterocycles. The lowest BCUT2D eigenvalue weighted by molar-refractivity contribution is 0.284. The molecular weight excluding hydrogens is 354 g/mol. The minimum Gasteiger partial charge on any atom is -0.493 e. The van der Waals surface area contributed by atoms with Crippen molar-refractivity contribution in [2.75, 3.05) is 27.7 Å². The lowest BCUT2D eigenvalue weighted by atomic mass is 10.1. The van der Waals surface area contributed by atoms with Crippen LogP contribution in [-0.2, 0) is 13.0 Å². The van der Waals surface area contributed by atoms with Crippen LogP contribution < -0.4 is 9.47 Å². The number of methoxy groups -OCH3 is 1. The normalized spacial score (nSPS) is 10.8. The van der Waals surface area contributed by atoms with E-state index >= 15 is 0 Å². The van der Waals surface area contributed by atoms with Crippen molar-refractivity contribution in [3.8, 4) is 11.5 Å². The third kappa shape index (κ3) is 5.88. The Morgan fingerprint density at radius 1 is 1.00 bits per heavy atom. The van der Waals surface area contributed by atoms with Gasteiger partial charge < -0.3 is 14.4 Å². The molecule has 0 atom stereocenters. The van der Waals surface area contributed by atoms with E-state index in [-0.39, 0.29) is 0 Å². The summed E-state index contributed by atoms with van der Waals surface area (Å²) in [5.41, 5.74) is 2.40. The first-order chi connectivity index (χ1) is 11.1. The van der Waals surface area contributed by atoms with Crippen molar-refractivity contribution in [2.24, 2.45) is 0 Å². The minimum absolute atomic E-state index is 0.525. The highest BCUT2D eigenvalue weighted by molar-refractivity contribution is 9.10. The fraction of sp³-hybridized carbons (Fsp3) is 0.368. The second kappa shape index (κ2) is 8.94. The summed E-state index contributed by atoms with van der Waals surface area (Å²) < 4.78 is 12.5. The molecule has 0 unspecified atom stereocenters. The molecule has 0 aliphatic rings. The molecule has 2 rings (SSSR count). The Labute approximate surface area is 147 Å². The van der Waals surface area contributed by atoms with Crippen LogP contribution in [-0.4, -0.2) is 32.6 Å². The van der Waals surface area contributed by atoms with Crippen molar-refractivity contribution in [1.29, 1.82) is 0 Å². The molecular formula is C19H24BrNO2. The van der Waals surface area contributed by atoms with Crippen LogP contribution in [0.5, 0.6) is 11.5 Å². The highest BCUT2D eigenvalue weighted by Gasteiger charge is 2.07. The number of rotatable bonds is 8. The van der Waals surface area contributed by atoms with Gasteiger partial charge in [-0.1, -0.05) is 34.1 Å². The van der Waals surface area contributed by atoms with Crippen molar-refractivity contribution >= 4 is 15.9 Å². The SMILES string of the molecule is COc1ccc(CCCN(C)C)cc1OCc1cccc(Br)c1. The van der Waals surface area contributed by atoms with Crippen LogP contribution >= 0.6 is 15.9 Å². The standard InChI is InChI=1S/C19H24BrNO2/c1-21(2)11-5-7-15-9-10-18(22-3)19(13-15)23-14-16-6-4-8-17(20)12-16/h4,6,8-10,12-13H,5,7,11,14H2,1-3H3. The van der Waals surface area contributed by atoms with E-state index in [0.29, 0.717) is 6.61 Å². The summed E-state index contributed by atoms with van der Waals surface area (Å²) in [6.07, 6.45) is 2.17. The molecule has 2 aromatic carbocycles. The first-order valence-electron chi connectivity index (χ1n) is 7.77. The molecule has 4 heteroatoms. The first kappa shape index (κ1) is 17.8. The van der Waals surface area contributed by atoms with Crippen LogP contribution in [0.3, 0.4) is 0 Å². The molecule has 0 spiro atoms. The van der Waals surface area contributed by atoms with E-state index in [9.17, 15) is 0 Å². The molecule has 2 aromatic rings.